The van der Waals surface area contributed by atoms with E-state index in [-0.39, 0.29) is 0 Å². The third-order valence-corrected chi connectivity index (χ3v) is 2.72. The number of hydrogen-bond acceptors (Lipinski definition) is 2. The Balaban J connectivity index is 0.000000606. The molecule has 1 saturated heterocycles. The van der Waals surface area contributed by atoms with Crippen molar-refractivity contribution in [3.63, 3.8) is 0 Å². The Hall–Kier alpha value is -1.02. The summed E-state index contributed by atoms with van der Waals surface area (Å²) in [4.78, 5) is 2.42. The van der Waals surface area contributed by atoms with Crippen LogP contribution in [0.4, 0.5) is 5.69 Å². The molecule has 0 aliphatic carbocycles. The zero-order valence-corrected chi connectivity index (χ0v) is 10.7. The van der Waals surface area contributed by atoms with Gasteiger partial charge in [0, 0.05) is 18.8 Å². The molecule has 1 aliphatic rings. The fourth-order valence-electron chi connectivity index (χ4n) is 1.92. The van der Waals surface area contributed by atoms with Gasteiger partial charge in [-0.3, -0.25) is 0 Å². The lowest BCUT2D eigenvalue weighted by Gasteiger charge is -2.30. The maximum Gasteiger partial charge on any atom is 0.0642 e. The van der Waals surface area contributed by atoms with Crippen LogP contribution in [-0.4, -0.2) is 26.3 Å². The largest absolute Gasteiger partial charge is 0.378 e. The number of para-hydroxylation sites is 1. The van der Waals surface area contributed by atoms with Crippen LogP contribution in [0.5, 0.6) is 0 Å². The van der Waals surface area contributed by atoms with Crippen LogP contribution in [0, 0.1) is 0 Å². The number of anilines is 1. The second-order valence-corrected chi connectivity index (χ2v) is 3.58. The van der Waals surface area contributed by atoms with E-state index < -0.39 is 0 Å². The van der Waals surface area contributed by atoms with Gasteiger partial charge in [0.15, 0.2) is 0 Å². The van der Waals surface area contributed by atoms with Crippen molar-refractivity contribution in [2.24, 2.45) is 0 Å². The van der Waals surface area contributed by atoms with E-state index in [2.05, 4.69) is 36.1 Å². The molecule has 0 amide bonds. The van der Waals surface area contributed by atoms with Crippen molar-refractivity contribution in [1.29, 1.82) is 0 Å². The second kappa shape index (κ2) is 7.29. The fourth-order valence-corrected chi connectivity index (χ4v) is 1.92. The van der Waals surface area contributed by atoms with Crippen molar-refractivity contribution in [2.45, 2.75) is 27.2 Å². The summed E-state index contributed by atoms with van der Waals surface area (Å²) in [5.41, 5.74) is 2.83. The van der Waals surface area contributed by atoms with Gasteiger partial charge < -0.3 is 9.64 Å². The Morgan fingerprint density at radius 2 is 1.75 bits per heavy atom. The zero-order chi connectivity index (χ0) is 11.8. The maximum absolute atomic E-state index is 5.35. The topological polar surface area (TPSA) is 12.5 Å². The Labute approximate surface area is 99.2 Å². The lowest BCUT2D eigenvalue weighted by atomic mass is 10.1. The lowest BCUT2D eigenvalue weighted by molar-refractivity contribution is 0.122. The van der Waals surface area contributed by atoms with Crippen LogP contribution < -0.4 is 4.90 Å². The highest BCUT2D eigenvalue weighted by Crippen LogP contribution is 2.21. The first kappa shape index (κ1) is 13.0. The van der Waals surface area contributed by atoms with Crippen molar-refractivity contribution < 1.29 is 4.74 Å². The van der Waals surface area contributed by atoms with Crippen LogP contribution in [0.3, 0.4) is 0 Å². The summed E-state index contributed by atoms with van der Waals surface area (Å²) in [5, 5.41) is 0. The molecule has 1 aromatic carbocycles. The summed E-state index contributed by atoms with van der Waals surface area (Å²) >= 11 is 0. The summed E-state index contributed by atoms with van der Waals surface area (Å²) in [6.07, 6.45) is 1.10. The quantitative estimate of drug-likeness (QED) is 0.761. The van der Waals surface area contributed by atoms with Gasteiger partial charge in [-0.25, -0.2) is 0 Å². The summed E-state index contributed by atoms with van der Waals surface area (Å²) in [6, 6.07) is 8.65. The average molecular weight is 221 g/mol. The third kappa shape index (κ3) is 3.24. The maximum atomic E-state index is 5.35. The molecule has 2 rings (SSSR count). The van der Waals surface area contributed by atoms with Gasteiger partial charge in [0.1, 0.15) is 0 Å². The Bertz CT molecular complexity index is 293. The van der Waals surface area contributed by atoms with Crippen LogP contribution in [-0.2, 0) is 11.2 Å². The molecule has 1 aliphatic heterocycles. The van der Waals surface area contributed by atoms with Gasteiger partial charge in [-0.1, -0.05) is 39.0 Å². The van der Waals surface area contributed by atoms with Crippen molar-refractivity contribution in [3.8, 4) is 0 Å². The minimum absolute atomic E-state index is 0.859. The van der Waals surface area contributed by atoms with Crippen LogP contribution in [0.1, 0.15) is 26.3 Å². The Morgan fingerprint density at radius 3 is 2.38 bits per heavy atom. The first-order valence-corrected chi connectivity index (χ1v) is 6.32. The fraction of sp³-hybridized carbons (Fsp3) is 0.571. The van der Waals surface area contributed by atoms with Crippen LogP contribution in [0.2, 0.25) is 0 Å². The molecule has 16 heavy (non-hydrogen) atoms. The van der Waals surface area contributed by atoms with Crippen molar-refractivity contribution in [2.75, 3.05) is 31.2 Å². The third-order valence-electron chi connectivity index (χ3n) is 2.72. The predicted molar refractivity (Wildman–Crippen MR) is 70.2 cm³/mol. The van der Waals surface area contributed by atoms with E-state index in [9.17, 15) is 0 Å². The molecule has 1 aromatic rings. The molecule has 1 heterocycles. The van der Waals surface area contributed by atoms with E-state index in [4.69, 9.17) is 4.74 Å². The van der Waals surface area contributed by atoms with Crippen molar-refractivity contribution in [1.82, 2.24) is 0 Å². The first-order chi connectivity index (χ1) is 7.92. The van der Waals surface area contributed by atoms with E-state index in [0.717, 1.165) is 32.7 Å². The highest BCUT2D eigenvalue weighted by Gasteiger charge is 2.12. The smallest absolute Gasteiger partial charge is 0.0642 e. The number of rotatable bonds is 2. The van der Waals surface area contributed by atoms with Gasteiger partial charge in [-0.05, 0) is 18.1 Å². The van der Waals surface area contributed by atoms with E-state index in [1.54, 1.807) is 0 Å². The average Bonchev–Trinajstić information content (AvgIpc) is 2.42. The predicted octanol–water partition coefficient (Wildman–Crippen LogP) is 3.11. The summed E-state index contributed by atoms with van der Waals surface area (Å²) < 4.78 is 5.35. The van der Waals surface area contributed by atoms with Gasteiger partial charge in [0.2, 0.25) is 0 Å². The zero-order valence-electron chi connectivity index (χ0n) is 10.7. The molecule has 0 saturated carbocycles. The number of hydrogen-bond donors (Lipinski definition) is 0. The minimum Gasteiger partial charge on any atom is -0.378 e. The lowest BCUT2D eigenvalue weighted by Crippen LogP contribution is -2.36. The Kier molecular flexibility index (Phi) is 5.94. The normalized spacial score (nSPS) is 15.3. The number of benzene rings is 1. The molecule has 0 unspecified atom stereocenters. The number of nitrogens with zero attached hydrogens (tertiary/aromatic N) is 1. The van der Waals surface area contributed by atoms with E-state index >= 15 is 0 Å². The van der Waals surface area contributed by atoms with Gasteiger partial charge in [-0.2, -0.15) is 0 Å². The molecular formula is C14H23NO. The van der Waals surface area contributed by atoms with Crippen molar-refractivity contribution in [3.05, 3.63) is 29.8 Å². The molecule has 0 bridgehead atoms. The van der Waals surface area contributed by atoms with Crippen LogP contribution >= 0.6 is 0 Å². The van der Waals surface area contributed by atoms with Gasteiger partial charge >= 0.3 is 0 Å². The number of morpholine rings is 1. The molecule has 90 valence electrons. The highest BCUT2D eigenvalue weighted by atomic mass is 16.5. The molecule has 2 nitrogen and oxygen atoms in total. The SMILES string of the molecule is CC.CCc1ccccc1N1CCOCC1. The van der Waals surface area contributed by atoms with Gasteiger partial charge in [0.25, 0.3) is 0 Å². The van der Waals surface area contributed by atoms with E-state index in [1.165, 1.54) is 11.3 Å². The summed E-state index contributed by atoms with van der Waals surface area (Å²) in [5.74, 6) is 0. The number of aryl methyl sites for hydroxylation is 1. The van der Waals surface area contributed by atoms with Gasteiger partial charge in [-0.15, -0.1) is 0 Å². The molecule has 0 radical (unpaired) electrons. The molecular weight excluding hydrogens is 198 g/mol. The summed E-state index contributed by atoms with van der Waals surface area (Å²) in [7, 11) is 0. The van der Waals surface area contributed by atoms with E-state index in [0.29, 0.717) is 0 Å². The first-order valence-electron chi connectivity index (χ1n) is 6.32. The van der Waals surface area contributed by atoms with Crippen LogP contribution in [0.15, 0.2) is 24.3 Å². The second-order valence-electron chi connectivity index (χ2n) is 3.58. The van der Waals surface area contributed by atoms with Gasteiger partial charge in [0.05, 0.1) is 13.2 Å². The molecule has 0 atom stereocenters. The number of ether oxygens (including phenoxy) is 1. The molecule has 0 spiro atoms. The molecule has 0 N–H and O–H groups in total. The van der Waals surface area contributed by atoms with Crippen molar-refractivity contribution >= 4 is 5.69 Å². The Morgan fingerprint density at radius 1 is 1.12 bits per heavy atom. The minimum atomic E-state index is 0.859. The monoisotopic (exact) mass is 221 g/mol. The molecule has 0 aromatic heterocycles. The van der Waals surface area contributed by atoms with E-state index in [1.807, 2.05) is 13.8 Å². The standard InChI is InChI=1S/C12H17NO.C2H6/c1-2-11-5-3-4-6-12(11)13-7-9-14-10-8-13;1-2/h3-6H,2,7-10H2,1H3;1-2H3. The highest BCUT2D eigenvalue weighted by molar-refractivity contribution is 5.53. The molecule has 2 heteroatoms. The molecule has 1 fully saturated rings. The van der Waals surface area contributed by atoms with Crippen LogP contribution in [0.25, 0.3) is 0 Å². The summed E-state index contributed by atoms with van der Waals surface area (Å²) in [6.45, 7) is 9.98.